The van der Waals surface area contributed by atoms with Crippen LogP contribution in [0.15, 0.2) is 83.1 Å². The van der Waals surface area contributed by atoms with Gasteiger partial charge in [-0.2, -0.15) is 0 Å². The maximum absolute atomic E-state index is 12.9. The Hall–Kier alpha value is -2.31. The van der Waals surface area contributed by atoms with Gasteiger partial charge in [0.1, 0.15) is 5.25 Å². The zero-order valence-electron chi connectivity index (χ0n) is 12.4. The Bertz CT molecular complexity index is 814. The van der Waals surface area contributed by atoms with Gasteiger partial charge in [-0.15, -0.1) is 0 Å². The van der Waals surface area contributed by atoms with Gasteiger partial charge in [-0.1, -0.05) is 18.2 Å². The maximum atomic E-state index is 12.9. The van der Waals surface area contributed by atoms with Crippen LogP contribution in [0.3, 0.4) is 0 Å². The van der Waals surface area contributed by atoms with E-state index >= 15 is 0 Å². The van der Waals surface area contributed by atoms with Crippen LogP contribution in [0.5, 0.6) is 0 Å². The van der Waals surface area contributed by atoms with E-state index in [-0.39, 0.29) is 4.90 Å². The van der Waals surface area contributed by atoms with Crippen LogP contribution in [0.25, 0.3) is 0 Å². The maximum Gasteiger partial charge on any atom is 0.188 e. The summed E-state index contributed by atoms with van der Waals surface area (Å²) >= 11 is 0. The number of hydrogen-bond acceptors (Lipinski definition) is 5. The molecule has 1 N–H and O–H groups in total. The molecule has 2 aliphatic rings. The largest absolute Gasteiger partial charge is 0.461 e. The predicted molar refractivity (Wildman–Crippen MR) is 84.7 cm³/mol. The quantitative estimate of drug-likeness (QED) is 0.917. The molecule has 23 heavy (non-hydrogen) atoms. The van der Waals surface area contributed by atoms with Gasteiger partial charge >= 0.3 is 0 Å². The van der Waals surface area contributed by atoms with Gasteiger partial charge < -0.3 is 14.6 Å². The highest BCUT2D eigenvalue weighted by molar-refractivity contribution is 7.92. The molecule has 0 radical (unpaired) electrons. The lowest BCUT2D eigenvalue weighted by Gasteiger charge is -2.25. The second kappa shape index (κ2) is 6.06. The van der Waals surface area contributed by atoms with E-state index in [1.807, 2.05) is 0 Å². The van der Waals surface area contributed by atoms with Crippen molar-refractivity contribution in [2.45, 2.75) is 23.2 Å². The van der Waals surface area contributed by atoms with Crippen LogP contribution in [0.4, 0.5) is 0 Å². The molecular formula is C17H16O5S. The van der Waals surface area contributed by atoms with E-state index in [4.69, 9.17) is 9.47 Å². The fraction of sp³-hybridized carbons (Fsp3) is 0.176. The van der Waals surface area contributed by atoms with E-state index in [1.54, 1.807) is 36.4 Å². The molecule has 3 rings (SSSR count). The van der Waals surface area contributed by atoms with Crippen LogP contribution < -0.4 is 0 Å². The summed E-state index contributed by atoms with van der Waals surface area (Å²) < 4.78 is 36.5. The molecule has 0 amide bonds. The molecule has 0 aromatic heterocycles. The monoisotopic (exact) mass is 332 g/mol. The van der Waals surface area contributed by atoms with Gasteiger partial charge in [0.15, 0.2) is 21.4 Å². The fourth-order valence-electron chi connectivity index (χ4n) is 2.52. The van der Waals surface area contributed by atoms with Gasteiger partial charge in [-0.3, -0.25) is 0 Å². The smallest absolute Gasteiger partial charge is 0.188 e. The van der Waals surface area contributed by atoms with Gasteiger partial charge in [0, 0.05) is 5.57 Å². The highest BCUT2D eigenvalue weighted by Crippen LogP contribution is 2.31. The summed E-state index contributed by atoms with van der Waals surface area (Å²) in [6.07, 6.45) is 6.68. The topological polar surface area (TPSA) is 72.8 Å². The van der Waals surface area contributed by atoms with Gasteiger partial charge in [0.05, 0.1) is 23.5 Å². The second-order valence-corrected chi connectivity index (χ2v) is 7.31. The van der Waals surface area contributed by atoms with Crippen molar-refractivity contribution in [1.82, 2.24) is 0 Å². The molecule has 0 aliphatic carbocycles. The predicted octanol–water partition coefficient (Wildman–Crippen LogP) is 2.44. The number of sulfone groups is 1. The van der Waals surface area contributed by atoms with Gasteiger partial charge in [0.2, 0.25) is 0 Å². The molecule has 1 aromatic carbocycles. The third-order valence-corrected chi connectivity index (χ3v) is 5.82. The van der Waals surface area contributed by atoms with Crippen LogP contribution in [0.1, 0.15) is 6.92 Å². The SMILES string of the molecule is CC(O)C(C1=COC2=CC=COC2=C1)S(=O)(=O)c1ccccc1. The number of rotatable bonds is 4. The lowest BCUT2D eigenvalue weighted by Crippen LogP contribution is -2.34. The average molecular weight is 332 g/mol. The Morgan fingerprint density at radius 3 is 2.52 bits per heavy atom. The zero-order valence-corrected chi connectivity index (χ0v) is 13.2. The molecule has 120 valence electrons. The van der Waals surface area contributed by atoms with Gasteiger partial charge in [0.25, 0.3) is 0 Å². The molecule has 0 saturated carbocycles. The summed E-state index contributed by atoms with van der Waals surface area (Å²) in [5.41, 5.74) is 0.339. The molecule has 1 aromatic rings. The van der Waals surface area contributed by atoms with E-state index in [0.29, 0.717) is 17.1 Å². The number of aliphatic hydroxyl groups excluding tert-OH is 1. The molecule has 5 nitrogen and oxygen atoms in total. The van der Waals surface area contributed by atoms with Gasteiger partial charge in [-0.25, -0.2) is 8.42 Å². The van der Waals surface area contributed by atoms with Crippen molar-refractivity contribution in [2.75, 3.05) is 0 Å². The lowest BCUT2D eigenvalue weighted by molar-refractivity contribution is 0.194. The minimum Gasteiger partial charge on any atom is -0.461 e. The molecule has 2 aliphatic heterocycles. The van der Waals surface area contributed by atoms with Crippen molar-refractivity contribution in [3.05, 3.63) is 78.2 Å². The van der Waals surface area contributed by atoms with Crippen molar-refractivity contribution in [1.29, 1.82) is 0 Å². The Balaban J connectivity index is 2.01. The number of benzene rings is 1. The zero-order chi connectivity index (χ0) is 16.4. The molecule has 0 spiro atoms. The highest BCUT2D eigenvalue weighted by Gasteiger charge is 2.36. The number of hydrogen-bond donors (Lipinski definition) is 1. The normalized spacial score (nSPS) is 19.3. The third kappa shape index (κ3) is 2.95. The van der Waals surface area contributed by atoms with Crippen molar-refractivity contribution in [3.8, 4) is 0 Å². The Morgan fingerprint density at radius 1 is 1.09 bits per heavy atom. The molecule has 0 saturated heterocycles. The number of fused-ring (bicyclic) bond motifs is 1. The Labute approximate surface area is 134 Å². The first-order valence-corrected chi connectivity index (χ1v) is 8.64. The number of allylic oxidation sites excluding steroid dienone is 3. The summed E-state index contributed by atoms with van der Waals surface area (Å²) in [5, 5.41) is 8.94. The molecule has 2 unspecified atom stereocenters. The van der Waals surface area contributed by atoms with E-state index in [1.165, 1.54) is 31.6 Å². The summed E-state index contributed by atoms with van der Waals surface area (Å²) in [7, 11) is -3.77. The van der Waals surface area contributed by atoms with Crippen LogP contribution in [-0.4, -0.2) is 24.9 Å². The standard InChI is InChI=1S/C17H16O5S/c1-12(18)17(23(19,20)14-6-3-2-4-7-14)13-10-16-15(22-11-13)8-5-9-21-16/h2-12,17-18H,1H3. The fourth-order valence-corrected chi connectivity index (χ4v) is 4.35. The van der Waals surface area contributed by atoms with Gasteiger partial charge in [-0.05, 0) is 37.3 Å². The van der Waals surface area contributed by atoms with Crippen molar-refractivity contribution >= 4 is 9.84 Å². The van der Waals surface area contributed by atoms with E-state index < -0.39 is 21.2 Å². The first-order valence-electron chi connectivity index (χ1n) is 7.09. The Morgan fingerprint density at radius 2 is 1.83 bits per heavy atom. The second-order valence-electron chi connectivity index (χ2n) is 5.24. The molecule has 2 atom stereocenters. The molecule has 6 heteroatoms. The van der Waals surface area contributed by atoms with Crippen LogP contribution in [-0.2, 0) is 19.3 Å². The van der Waals surface area contributed by atoms with E-state index in [0.717, 1.165) is 0 Å². The Kier molecular flexibility index (Phi) is 4.11. The highest BCUT2D eigenvalue weighted by atomic mass is 32.2. The molecule has 0 bridgehead atoms. The molecule has 0 fully saturated rings. The van der Waals surface area contributed by atoms with Crippen molar-refractivity contribution in [2.24, 2.45) is 0 Å². The van der Waals surface area contributed by atoms with Crippen molar-refractivity contribution in [3.63, 3.8) is 0 Å². The van der Waals surface area contributed by atoms with Crippen LogP contribution in [0, 0.1) is 0 Å². The minimum absolute atomic E-state index is 0.149. The minimum atomic E-state index is -3.77. The van der Waals surface area contributed by atoms with Crippen LogP contribution >= 0.6 is 0 Å². The van der Waals surface area contributed by atoms with E-state index in [9.17, 15) is 13.5 Å². The van der Waals surface area contributed by atoms with Crippen molar-refractivity contribution < 1.29 is 23.0 Å². The summed E-state index contributed by atoms with van der Waals surface area (Å²) in [4.78, 5) is 0.149. The summed E-state index contributed by atoms with van der Waals surface area (Å²) in [5.74, 6) is 0.914. The first-order chi connectivity index (χ1) is 11.0. The van der Waals surface area contributed by atoms with E-state index in [2.05, 4.69) is 0 Å². The molecular weight excluding hydrogens is 316 g/mol. The number of ether oxygens (including phenoxy) is 2. The summed E-state index contributed by atoms with van der Waals surface area (Å²) in [6, 6.07) is 8.04. The first kappa shape index (κ1) is 15.6. The third-order valence-electron chi connectivity index (χ3n) is 3.56. The van der Waals surface area contributed by atoms with Crippen LogP contribution in [0.2, 0.25) is 0 Å². The average Bonchev–Trinajstić information content (AvgIpc) is 2.55. The summed E-state index contributed by atoms with van der Waals surface area (Å²) in [6.45, 7) is 1.44. The lowest BCUT2D eigenvalue weighted by atomic mass is 10.1. The number of aliphatic hydroxyl groups is 1. The molecule has 2 heterocycles.